The van der Waals surface area contributed by atoms with Gasteiger partial charge in [0, 0.05) is 22.8 Å². The minimum atomic E-state index is -0.130. The lowest BCUT2D eigenvalue weighted by atomic mass is 10.1. The van der Waals surface area contributed by atoms with Crippen LogP contribution in [0.25, 0.3) is 11.4 Å². The summed E-state index contributed by atoms with van der Waals surface area (Å²) < 4.78 is 1.96. The molecule has 7 heteroatoms. The minimum absolute atomic E-state index is 0.130. The van der Waals surface area contributed by atoms with Gasteiger partial charge in [0.15, 0.2) is 11.0 Å². The molecule has 3 aromatic rings. The Labute approximate surface area is 173 Å². The molecule has 5 nitrogen and oxygen atoms in total. The first-order valence-corrected chi connectivity index (χ1v) is 10.1. The van der Waals surface area contributed by atoms with Crippen LogP contribution in [0.5, 0.6) is 0 Å². The number of benzene rings is 2. The third-order valence-corrected chi connectivity index (χ3v) is 5.50. The monoisotopic (exact) mass is 412 g/mol. The summed E-state index contributed by atoms with van der Waals surface area (Å²) in [6.45, 7) is 8.34. The van der Waals surface area contributed by atoms with Crippen LogP contribution in [0, 0.1) is 13.8 Å². The van der Waals surface area contributed by atoms with Crippen LogP contribution in [0.2, 0.25) is 5.02 Å². The predicted octanol–water partition coefficient (Wildman–Crippen LogP) is 5.13. The fourth-order valence-corrected chi connectivity index (χ4v) is 3.53. The number of rotatable bonds is 7. The van der Waals surface area contributed by atoms with Crippen molar-refractivity contribution in [2.75, 3.05) is 11.1 Å². The standard InChI is InChI=1S/C21H21ClN4OS/c1-4-11-26-20(16-8-5-14(2)6-9-16)24-25-21(26)28-13-19(27)23-17-10-7-15(3)18(22)12-17/h4-10,12H,1,11,13H2,2-3H3,(H,23,27). The SMILES string of the molecule is C=CCn1c(SCC(=O)Nc2ccc(C)c(Cl)c2)nnc1-c1ccc(C)cc1. The van der Waals surface area contributed by atoms with Gasteiger partial charge >= 0.3 is 0 Å². The molecule has 0 radical (unpaired) electrons. The summed E-state index contributed by atoms with van der Waals surface area (Å²) in [6.07, 6.45) is 1.79. The average Bonchev–Trinajstić information content (AvgIpc) is 3.07. The number of hydrogen-bond donors (Lipinski definition) is 1. The number of thioether (sulfide) groups is 1. The van der Waals surface area contributed by atoms with Gasteiger partial charge in [0.25, 0.3) is 0 Å². The Morgan fingerprint density at radius 2 is 1.96 bits per heavy atom. The number of halogens is 1. The molecular formula is C21H21ClN4OS. The predicted molar refractivity (Wildman–Crippen MR) is 116 cm³/mol. The quantitative estimate of drug-likeness (QED) is 0.431. The number of amides is 1. The molecule has 144 valence electrons. The van der Waals surface area contributed by atoms with Gasteiger partial charge in [-0.15, -0.1) is 16.8 Å². The maximum atomic E-state index is 12.3. The molecule has 0 aliphatic rings. The highest BCUT2D eigenvalue weighted by molar-refractivity contribution is 7.99. The average molecular weight is 413 g/mol. The van der Waals surface area contributed by atoms with E-state index in [0.717, 1.165) is 17.0 Å². The van der Waals surface area contributed by atoms with E-state index in [1.165, 1.54) is 17.3 Å². The molecular weight excluding hydrogens is 392 g/mol. The van der Waals surface area contributed by atoms with Crippen LogP contribution in [0.15, 0.2) is 60.3 Å². The van der Waals surface area contributed by atoms with Crippen molar-refractivity contribution in [2.45, 2.75) is 25.5 Å². The Hall–Kier alpha value is -2.57. The van der Waals surface area contributed by atoms with Crippen LogP contribution in [0.3, 0.4) is 0 Å². The molecule has 0 atom stereocenters. The summed E-state index contributed by atoms with van der Waals surface area (Å²) in [4.78, 5) is 12.3. The number of nitrogens with one attached hydrogen (secondary N) is 1. The zero-order chi connectivity index (χ0) is 20.1. The van der Waals surface area contributed by atoms with E-state index < -0.39 is 0 Å². The molecule has 3 rings (SSSR count). The van der Waals surface area contributed by atoms with Gasteiger partial charge in [0.05, 0.1) is 5.75 Å². The molecule has 1 amide bonds. The summed E-state index contributed by atoms with van der Waals surface area (Å²) >= 11 is 7.45. The fourth-order valence-electron chi connectivity index (χ4n) is 2.60. The Morgan fingerprint density at radius 3 is 2.64 bits per heavy atom. The van der Waals surface area contributed by atoms with Gasteiger partial charge in [-0.25, -0.2) is 0 Å². The van der Waals surface area contributed by atoms with Crippen LogP contribution in [0.4, 0.5) is 5.69 Å². The maximum Gasteiger partial charge on any atom is 0.234 e. The Morgan fingerprint density at radius 1 is 1.21 bits per heavy atom. The van der Waals surface area contributed by atoms with Crippen molar-refractivity contribution in [1.29, 1.82) is 0 Å². The first kappa shape index (κ1) is 20.2. The van der Waals surface area contributed by atoms with E-state index >= 15 is 0 Å². The van der Waals surface area contributed by atoms with E-state index in [1.807, 2.05) is 54.8 Å². The van der Waals surface area contributed by atoms with E-state index in [-0.39, 0.29) is 11.7 Å². The second kappa shape index (κ2) is 9.08. The molecule has 1 N–H and O–H groups in total. The maximum absolute atomic E-state index is 12.3. The lowest BCUT2D eigenvalue weighted by Crippen LogP contribution is -2.14. The van der Waals surface area contributed by atoms with Crippen molar-refractivity contribution in [2.24, 2.45) is 0 Å². The lowest BCUT2D eigenvalue weighted by Gasteiger charge is -2.09. The van der Waals surface area contributed by atoms with Gasteiger partial charge < -0.3 is 5.32 Å². The number of carbonyl (C=O) groups is 1. The highest BCUT2D eigenvalue weighted by atomic mass is 35.5. The number of nitrogens with zero attached hydrogens (tertiary/aromatic N) is 3. The largest absolute Gasteiger partial charge is 0.325 e. The highest BCUT2D eigenvalue weighted by Gasteiger charge is 2.15. The van der Waals surface area contributed by atoms with Crippen molar-refractivity contribution < 1.29 is 4.79 Å². The van der Waals surface area contributed by atoms with E-state index in [1.54, 1.807) is 12.1 Å². The molecule has 0 bridgehead atoms. The number of anilines is 1. The zero-order valence-electron chi connectivity index (χ0n) is 15.8. The van der Waals surface area contributed by atoms with E-state index in [2.05, 4.69) is 22.1 Å². The molecule has 0 fully saturated rings. The van der Waals surface area contributed by atoms with Crippen LogP contribution >= 0.6 is 23.4 Å². The van der Waals surface area contributed by atoms with E-state index in [9.17, 15) is 4.79 Å². The summed E-state index contributed by atoms with van der Waals surface area (Å²) in [5, 5.41) is 12.7. The second-order valence-electron chi connectivity index (χ2n) is 6.37. The third kappa shape index (κ3) is 4.82. The van der Waals surface area contributed by atoms with Gasteiger partial charge in [0.2, 0.25) is 5.91 Å². The third-order valence-electron chi connectivity index (χ3n) is 4.13. The fraction of sp³-hybridized carbons (Fsp3) is 0.190. The number of hydrogen-bond acceptors (Lipinski definition) is 4. The normalized spacial score (nSPS) is 10.7. The summed E-state index contributed by atoms with van der Waals surface area (Å²) in [7, 11) is 0. The van der Waals surface area contributed by atoms with Gasteiger partial charge in [0.1, 0.15) is 0 Å². The van der Waals surface area contributed by atoms with Gasteiger partial charge in [-0.2, -0.15) is 0 Å². The lowest BCUT2D eigenvalue weighted by molar-refractivity contribution is -0.113. The molecule has 0 unspecified atom stereocenters. The Bertz CT molecular complexity index is 998. The smallest absolute Gasteiger partial charge is 0.234 e. The number of aryl methyl sites for hydroxylation is 2. The van der Waals surface area contributed by atoms with Crippen molar-refractivity contribution in [3.63, 3.8) is 0 Å². The molecule has 0 saturated carbocycles. The summed E-state index contributed by atoms with van der Waals surface area (Å²) in [5.74, 6) is 0.845. The van der Waals surface area contributed by atoms with Crippen molar-refractivity contribution >= 4 is 35.0 Å². The molecule has 0 saturated heterocycles. The van der Waals surface area contributed by atoms with Crippen LogP contribution in [-0.2, 0) is 11.3 Å². The minimum Gasteiger partial charge on any atom is -0.325 e. The van der Waals surface area contributed by atoms with Crippen molar-refractivity contribution in [3.05, 3.63) is 71.3 Å². The van der Waals surface area contributed by atoms with Crippen LogP contribution in [-0.4, -0.2) is 26.4 Å². The van der Waals surface area contributed by atoms with Gasteiger partial charge in [-0.1, -0.05) is 65.3 Å². The number of carbonyl (C=O) groups excluding carboxylic acids is 1. The highest BCUT2D eigenvalue weighted by Crippen LogP contribution is 2.25. The van der Waals surface area contributed by atoms with E-state index in [0.29, 0.717) is 22.4 Å². The van der Waals surface area contributed by atoms with Crippen LogP contribution in [0.1, 0.15) is 11.1 Å². The van der Waals surface area contributed by atoms with Gasteiger partial charge in [-0.05, 0) is 31.5 Å². The topological polar surface area (TPSA) is 59.8 Å². The van der Waals surface area contributed by atoms with Crippen molar-refractivity contribution in [1.82, 2.24) is 14.8 Å². The summed E-state index contributed by atoms with van der Waals surface area (Å²) in [5.41, 5.74) is 3.80. The molecule has 0 aliphatic heterocycles. The van der Waals surface area contributed by atoms with Gasteiger partial charge in [-0.3, -0.25) is 9.36 Å². The summed E-state index contributed by atoms with van der Waals surface area (Å²) in [6, 6.07) is 13.6. The molecule has 0 aliphatic carbocycles. The molecule has 2 aromatic carbocycles. The zero-order valence-corrected chi connectivity index (χ0v) is 17.3. The molecule has 1 heterocycles. The first-order chi connectivity index (χ1) is 13.5. The Kier molecular flexibility index (Phi) is 6.54. The molecule has 28 heavy (non-hydrogen) atoms. The number of allylic oxidation sites excluding steroid dienone is 1. The number of aromatic nitrogens is 3. The Balaban J connectivity index is 1.71. The molecule has 0 spiro atoms. The molecule has 1 aromatic heterocycles. The first-order valence-electron chi connectivity index (χ1n) is 8.78. The van der Waals surface area contributed by atoms with Crippen LogP contribution < -0.4 is 5.32 Å². The van der Waals surface area contributed by atoms with E-state index in [4.69, 9.17) is 11.6 Å². The second-order valence-corrected chi connectivity index (χ2v) is 7.72. The van der Waals surface area contributed by atoms with Crippen molar-refractivity contribution in [3.8, 4) is 11.4 Å².